The lowest BCUT2D eigenvalue weighted by Gasteiger charge is -2.26. The summed E-state index contributed by atoms with van der Waals surface area (Å²) in [5.41, 5.74) is 2.62. The molecule has 0 aliphatic heterocycles. The minimum Gasteiger partial charge on any atom is -0.493 e. The summed E-state index contributed by atoms with van der Waals surface area (Å²) in [5.74, 6) is 1.72. The van der Waals surface area contributed by atoms with Crippen molar-refractivity contribution >= 4 is 40.0 Å². The number of aromatic nitrogens is 3. The molecule has 0 unspecified atom stereocenters. The van der Waals surface area contributed by atoms with E-state index in [0.717, 1.165) is 60.6 Å². The molecule has 226 valence electrons. The molecule has 3 aromatic rings. The molecule has 5 rings (SSSR count). The Hall–Kier alpha value is -3.05. The molecular formula is C31H40N4O5S2. The number of ether oxygens (including phenoxy) is 3. The number of nitrogens with zero attached hydrogens (tertiary/aromatic N) is 3. The molecule has 1 amide bonds. The number of thioether (sulfide) groups is 1. The highest BCUT2D eigenvalue weighted by Gasteiger charge is 2.30. The summed E-state index contributed by atoms with van der Waals surface area (Å²) in [6.07, 6.45) is 10.2. The van der Waals surface area contributed by atoms with Gasteiger partial charge < -0.3 is 24.1 Å². The summed E-state index contributed by atoms with van der Waals surface area (Å²) >= 11 is 2.93. The number of thiophene rings is 1. The van der Waals surface area contributed by atoms with Crippen molar-refractivity contribution in [3.63, 3.8) is 0 Å². The number of hydrogen-bond acceptors (Lipinski definition) is 9. The van der Waals surface area contributed by atoms with Crippen LogP contribution in [-0.4, -0.2) is 52.7 Å². The lowest BCUT2D eigenvalue weighted by Crippen LogP contribution is -2.24. The molecule has 0 saturated heterocycles. The van der Waals surface area contributed by atoms with E-state index in [-0.39, 0.29) is 11.9 Å². The average Bonchev–Trinajstić information content (AvgIpc) is 3.57. The smallest absolute Gasteiger partial charge is 0.341 e. The van der Waals surface area contributed by atoms with Crippen LogP contribution in [0.4, 0.5) is 5.00 Å². The van der Waals surface area contributed by atoms with E-state index in [4.69, 9.17) is 14.2 Å². The lowest BCUT2D eigenvalue weighted by atomic mass is 9.95. The fourth-order valence-electron chi connectivity index (χ4n) is 5.89. The molecule has 11 heteroatoms. The predicted octanol–water partition coefficient (Wildman–Crippen LogP) is 6.63. The van der Waals surface area contributed by atoms with Gasteiger partial charge >= 0.3 is 5.97 Å². The van der Waals surface area contributed by atoms with Gasteiger partial charge in [-0.15, -0.1) is 21.5 Å². The van der Waals surface area contributed by atoms with Crippen LogP contribution in [0.3, 0.4) is 0 Å². The van der Waals surface area contributed by atoms with Crippen molar-refractivity contribution in [2.45, 2.75) is 94.5 Å². The lowest BCUT2D eigenvalue weighted by molar-refractivity contribution is -0.115. The van der Waals surface area contributed by atoms with E-state index in [9.17, 15) is 9.59 Å². The molecule has 1 fully saturated rings. The third-order valence-corrected chi connectivity index (χ3v) is 10.3. The monoisotopic (exact) mass is 612 g/mol. The number of methoxy groups -OCH3 is 2. The van der Waals surface area contributed by atoms with Gasteiger partial charge in [-0.2, -0.15) is 0 Å². The number of amides is 1. The SMILES string of the molecule is CCOC(=O)c1c(NC(=O)[C@H](C)Sc2nnc(Cc3ccc(OC)c(OC)c3)n2C2CCCCC2)sc2c1CCCC2. The maximum Gasteiger partial charge on any atom is 0.341 e. The summed E-state index contributed by atoms with van der Waals surface area (Å²) in [5, 5.41) is 13.2. The fraction of sp³-hybridized carbons (Fsp3) is 0.548. The first-order valence-electron chi connectivity index (χ1n) is 14.9. The zero-order valence-corrected chi connectivity index (χ0v) is 26.5. The molecule has 0 radical (unpaired) electrons. The van der Waals surface area contributed by atoms with Crippen molar-refractivity contribution in [3.8, 4) is 11.5 Å². The molecule has 2 aliphatic carbocycles. The third kappa shape index (κ3) is 6.62. The van der Waals surface area contributed by atoms with Gasteiger partial charge in [-0.25, -0.2) is 4.79 Å². The van der Waals surface area contributed by atoms with Crippen molar-refractivity contribution in [2.75, 3.05) is 26.1 Å². The molecular weight excluding hydrogens is 572 g/mol. The van der Waals surface area contributed by atoms with Gasteiger partial charge in [0.2, 0.25) is 5.91 Å². The van der Waals surface area contributed by atoms with E-state index < -0.39 is 5.25 Å². The van der Waals surface area contributed by atoms with Gasteiger partial charge in [-0.05, 0) is 75.6 Å². The number of fused-ring (bicyclic) bond motifs is 1. The topological polar surface area (TPSA) is 105 Å². The molecule has 0 spiro atoms. The number of hydrogen-bond donors (Lipinski definition) is 1. The Kier molecular flexibility index (Phi) is 10.1. The normalized spacial score (nSPS) is 16.0. The molecule has 1 saturated carbocycles. The van der Waals surface area contributed by atoms with E-state index in [1.807, 2.05) is 25.1 Å². The van der Waals surface area contributed by atoms with Crippen molar-refractivity contribution in [2.24, 2.45) is 0 Å². The second kappa shape index (κ2) is 13.9. The Labute approximate surface area is 255 Å². The summed E-state index contributed by atoms with van der Waals surface area (Å²) in [6, 6.07) is 6.20. The van der Waals surface area contributed by atoms with Crippen molar-refractivity contribution in [3.05, 3.63) is 45.6 Å². The minimum absolute atomic E-state index is 0.163. The first kappa shape index (κ1) is 30.4. The van der Waals surface area contributed by atoms with E-state index in [1.165, 1.54) is 47.2 Å². The number of anilines is 1. The minimum atomic E-state index is -0.445. The molecule has 1 N–H and O–H groups in total. The van der Waals surface area contributed by atoms with Crippen LogP contribution in [0.1, 0.15) is 97.0 Å². The van der Waals surface area contributed by atoms with Crippen molar-refractivity contribution in [1.82, 2.24) is 14.8 Å². The van der Waals surface area contributed by atoms with Gasteiger partial charge in [0.05, 0.1) is 31.6 Å². The van der Waals surface area contributed by atoms with Gasteiger partial charge in [0.1, 0.15) is 10.8 Å². The van der Waals surface area contributed by atoms with Crippen molar-refractivity contribution < 1.29 is 23.8 Å². The Morgan fingerprint density at radius 1 is 1.07 bits per heavy atom. The Balaban J connectivity index is 1.37. The van der Waals surface area contributed by atoms with E-state index >= 15 is 0 Å². The molecule has 0 bridgehead atoms. The maximum atomic E-state index is 13.5. The van der Waals surface area contributed by atoms with Crippen LogP contribution in [0.25, 0.3) is 0 Å². The van der Waals surface area contributed by atoms with Crippen LogP contribution in [0.2, 0.25) is 0 Å². The van der Waals surface area contributed by atoms with Crippen LogP contribution in [0.15, 0.2) is 23.4 Å². The highest BCUT2D eigenvalue weighted by molar-refractivity contribution is 8.00. The van der Waals surface area contributed by atoms with Crippen LogP contribution < -0.4 is 14.8 Å². The molecule has 2 aromatic heterocycles. The standard InChI is InChI=1S/C31H40N4O5S2/c1-5-40-30(37)27-22-13-9-10-14-25(22)42-29(27)32-28(36)19(2)41-31-34-33-26(35(31)21-11-7-6-8-12-21)18-20-15-16-23(38-3)24(17-20)39-4/h15-17,19,21H,5-14,18H2,1-4H3,(H,32,36)/t19-/m0/s1. The van der Waals surface area contributed by atoms with E-state index in [0.29, 0.717) is 41.1 Å². The second-order valence-electron chi connectivity index (χ2n) is 10.8. The van der Waals surface area contributed by atoms with Gasteiger partial charge in [0.25, 0.3) is 0 Å². The first-order valence-corrected chi connectivity index (χ1v) is 16.6. The summed E-state index contributed by atoms with van der Waals surface area (Å²) in [4.78, 5) is 27.6. The molecule has 1 atom stereocenters. The van der Waals surface area contributed by atoms with Crippen LogP contribution >= 0.6 is 23.1 Å². The maximum absolute atomic E-state index is 13.5. The number of carbonyl (C=O) groups is 2. The van der Waals surface area contributed by atoms with Gasteiger partial charge in [-0.3, -0.25) is 4.79 Å². The molecule has 2 heterocycles. The van der Waals surface area contributed by atoms with Gasteiger partial charge in [-0.1, -0.05) is 37.1 Å². The number of nitrogens with one attached hydrogen (secondary N) is 1. The van der Waals surface area contributed by atoms with Crippen LogP contribution in [0, 0.1) is 0 Å². The van der Waals surface area contributed by atoms with Crippen LogP contribution in [-0.2, 0) is 28.8 Å². The summed E-state index contributed by atoms with van der Waals surface area (Å²) < 4.78 is 18.5. The molecule has 9 nitrogen and oxygen atoms in total. The highest BCUT2D eigenvalue weighted by atomic mass is 32.2. The molecule has 42 heavy (non-hydrogen) atoms. The van der Waals surface area contributed by atoms with Gasteiger partial charge in [0, 0.05) is 17.3 Å². The molecule has 2 aliphatic rings. The zero-order chi connectivity index (χ0) is 29.6. The van der Waals surface area contributed by atoms with Crippen LogP contribution in [0.5, 0.6) is 11.5 Å². The Bertz CT molecular complexity index is 1410. The zero-order valence-electron chi connectivity index (χ0n) is 24.9. The number of carbonyl (C=O) groups excluding carboxylic acids is 2. The number of esters is 1. The first-order chi connectivity index (χ1) is 20.4. The van der Waals surface area contributed by atoms with Gasteiger partial charge in [0.15, 0.2) is 16.7 Å². The number of rotatable bonds is 11. The second-order valence-corrected chi connectivity index (χ2v) is 13.2. The number of aryl methyl sites for hydroxylation is 1. The Morgan fingerprint density at radius 3 is 2.57 bits per heavy atom. The quantitative estimate of drug-likeness (QED) is 0.190. The van der Waals surface area contributed by atoms with Crippen molar-refractivity contribution in [1.29, 1.82) is 0 Å². The average molecular weight is 613 g/mol. The van der Waals surface area contributed by atoms with E-state index in [1.54, 1.807) is 21.1 Å². The summed E-state index contributed by atoms with van der Waals surface area (Å²) in [7, 11) is 3.26. The highest BCUT2D eigenvalue weighted by Crippen LogP contribution is 2.40. The Morgan fingerprint density at radius 2 is 1.83 bits per heavy atom. The third-order valence-electron chi connectivity index (χ3n) is 8.02. The summed E-state index contributed by atoms with van der Waals surface area (Å²) in [6.45, 7) is 3.98. The predicted molar refractivity (Wildman–Crippen MR) is 165 cm³/mol. The molecule has 1 aromatic carbocycles. The fourth-order valence-corrected chi connectivity index (χ4v) is 8.10. The number of benzene rings is 1. The largest absolute Gasteiger partial charge is 0.493 e. The van der Waals surface area contributed by atoms with E-state index in [2.05, 4.69) is 20.1 Å².